The number of rotatable bonds is 3. The van der Waals surface area contributed by atoms with Gasteiger partial charge in [0, 0.05) is 18.4 Å². The van der Waals surface area contributed by atoms with Crippen molar-refractivity contribution in [2.45, 2.75) is 12.1 Å². The van der Waals surface area contributed by atoms with Gasteiger partial charge in [-0.15, -0.1) is 13.2 Å². The molecule has 0 heterocycles. The van der Waals surface area contributed by atoms with E-state index in [0.29, 0.717) is 10.0 Å². The summed E-state index contributed by atoms with van der Waals surface area (Å²) in [4.78, 5) is 11.6. The second-order valence-corrected chi connectivity index (χ2v) is 4.04. The Bertz CT molecular complexity index is 496. The number of ether oxygens (including phenoxy) is 1. The summed E-state index contributed by atoms with van der Waals surface area (Å²) in [6.07, 6.45) is -4.86. The van der Waals surface area contributed by atoms with Gasteiger partial charge in [-0.05, 0) is 12.1 Å². The lowest BCUT2D eigenvalue weighted by Crippen LogP contribution is -2.49. The van der Waals surface area contributed by atoms with Crippen molar-refractivity contribution in [2.75, 3.05) is 12.1 Å². The normalized spacial score (nSPS) is 11.2. The zero-order valence-corrected chi connectivity index (χ0v) is 11.3. The maximum absolute atomic E-state index is 12.3. The number of amides is 2. The summed E-state index contributed by atoms with van der Waals surface area (Å²) < 4.78 is 40.7. The Morgan fingerprint density at radius 1 is 1.40 bits per heavy atom. The van der Waals surface area contributed by atoms with E-state index in [2.05, 4.69) is 17.4 Å². The molecule has 1 aromatic rings. The number of urea groups is 1. The molecule has 0 unspecified atom stereocenters. The average molecular weight is 310 g/mol. The first kappa shape index (κ1) is 16.4. The lowest BCUT2D eigenvalue weighted by atomic mass is 10.1. The number of thiol groups is 1. The topological polar surface area (TPSA) is 84.8 Å². The molecule has 4 N–H and O–H groups in total. The highest BCUT2D eigenvalue weighted by atomic mass is 32.1. The summed E-state index contributed by atoms with van der Waals surface area (Å²) in [7, 11) is 1.25. The van der Waals surface area contributed by atoms with Gasteiger partial charge in [0.2, 0.25) is 0 Å². The van der Waals surface area contributed by atoms with Crippen molar-refractivity contribution >= 4 is 24.3 Å². The van der Waals surface area contributed by atoms with Crippen LogP contribution in [0.25, 0.3) is 0 Å². The lowest BCUT2D eigenvalue weighted by Gasteiger charge is -2.24. The number of nitrogens with two attached hydrogens (primary N) is 2. The Kier molecular flexibility index (Phi) is 5.09. The van der Waals surface area contributed by atoms with Gasteiger partial charge in [0.25, 0.3) is 0 Å². The number of anilines is 1. The Morgan fingerprint density at radius 2 is 2.00 bits per heavy atom. The predicted molar refractivity (Wildman–Crippen MR) is 69.8 cm³/mol. The number of nitrogens with zero attached hydrogens (tertiary/aromatic N) is 2. The molecular weight excluding hydrogens is 297 g/mol. The van der Waals surface area contributed by atoms with E-state index in [9.17, 15) is 18.0 Å². The third-order valence-electron chi connectivity index (χ3n) is 2.26. The second kappa shape index (κ2) is 6.20. The summed E-state index contributed by atoms with van der Waals surface area (Å²) in [5, 5.41) is 1.31. The van der Waals surface area contributed by atoms with E-state index in [-0.39, 0.29) is 17.0 Å². The molecule has 0 spiro atoms. The van der Waals surface area contributed by atoms with Crippen LogP contribution < -0.4 is 21.4 Å². The molecule has 6 nitrogen and oxygen atoms in total. The van der Waals surface area contributed by atoms with E-state index < -0.39 is 18.1 Å². The fourth-order valence-corrected chi connectivity index (χ4v) is 1.75. The maximum atomic E-state index is 12.3. The van der Waals surface area contributed by atoms with Gasteiger partial charge in [0.05, 0.1) is 5.69 Å². The van der Waals surface area contributed by atoms with Crippen LogP contribution in [0.1, 0.15) is 5.56 Å². The minimum atomic E-state index is -4.86. The van der Waals surface area contributed by atoms with Crippen molar-refractivity contribution in [3.8, 4) is 5.75 Å². The maximum Gasteiger partial charge on any atom is 0.573 e. The predicted octanol–water partition coefficient (Wildman–Crippen LogP) is 1.62. The molecule has 0 aliphatic rings. The van der Waals surface area contributed by atoms with Gasteiger partial charge in [0.1, 0.15) is 5.75 Å². The van der Waals surface area contributed by atoms with E-state index in [1.807, 2.05) is 0 Å². The zero-order chi connectivity index (χ0) is 15.5. The van der Waals surface area contributed by atoms with E-state index in [4.69, 9.17) is 11.7 Å². The smallest absolute Gasteiger partial charge is 0.405 e. The van der Waals surface area contributed by atoms with Crippen LogP contribution in [0.4, 0.5) is 23.7 Å². The fraction of sp³-hybridized carbons (Fsp3) is 0.300. The number of alkyl halides is 3. The molecule has 1 aromatic carbocycles. The molecule has 2 amide bonds. The first-order chi connectivity index (χ1) is 9.17. The minimum absolute atomic E-state index is 0.0176. The summed E-state index contributed by atoms with van der Waals surface area (Å²) in [5.74, 6) is 10.2. The quantitative estimate of drug-likeness (QED) is 0.343. The molecule has 0 bridgehead atoms. The number of hydrazine groups is 2. The second-order valence-electron chi connectivity index (χ2n) is 3.72. The summed E-state index contributed by atoms with van der Waals surface area (Å²) in [5.41, 5.74) is 0.0370. The third kappa shape index (κ3) is 3.92. The lowest BCUT2D eigenvalue weighted by molar-refractivity contribution is -0.274. The first-order valence-corrected chi connectivity index (χ1v) is 5.86. The largest absolute Gasteiger partial charge is 0.573 e. The van der Waals surface area contributed by atoms with Crippen molar-refractivity contribution < 1.29 is 22.7 Å². The van der Waals surface area contributed by atoms with Gasteiger partial charge in [-0.3, -0.25) is 5.01 Å². The number of hydrogen-bond acceptors (Lipinski definition) is 5. The van der Waals surface area contributed by atoms with Gasteiger partial charge in [-0.2, -0.15) is 12.6 Å². The van der Waals surface area contributed by atoms with Gasteiger partial charge < -0.3 is 4.74 Å². The van der Waals surface area contributed by atoms with E-state index in [1.165, 1.54) is 19.2 Å². The molecular formula is C10H13F3N4O2S. The molecule has 0 aliphatic carbocycles. The fourth-order valence-electron chi connectivity index (χ4n) is 1.43. The van der Waals surface area contributed by atoms with Crippen LogP contribution in [0.15, 0.2) is 18.2 Å². The number of carbonyl (C=O) groups is 1. The van der Waals surface area contributed by atoms with Gasteiger partial charge >= 0.3 is 12.4 Å². The summed E-state index contributed by atoms with van der Waals surface area (Å²) >= 11 is 3.93. The molecule has 0 atom stereocenters. The number of carbonyl (C=O) groups excluding carboxylic acids is 1. The molecule has 1 rings (SSSR count). The Hall–Kier alpha value is -1.65. The van der Waals surface area contributed by atoms with Crippen LogP contribution in [0.2, 0.25) is 0 Å². The van der Waals surface area contributed by atoms with Crippen molar-refractivity contribution in [1.29, 1.82) is 0 Å². The van der Waals surface area contributed by atoms with E-state index >= 15 is 0 Å². The Balaban J connectivity index is 3.21. The molecule has 0 fully saturated rings. The Morgan fingerprint density at radius 3 is 2.45 bits per heavy atom. The molecule has 0 saturated carbocycles. The summed E-state index contributed by atoms with van der Waals surface area (Å²) in [6.45, 7) is 0. The number of hydrogen-bond donors (Lipinski definition) is 3. The van der Waals surface area contributed by atoms with Gasteiger partial charge in [0.15, 0.2) is 0 Å². The highest BCUT2D eigenvalue weighted by molar-refractivity contribution is 7.79. The molecule has 10 heteroatoms. The van der Waals surface area contributed by atoms with Gasteiger partial charge in [-0.1, -0.05) is 6.07 Å². The number of halogens is 3. The van der Waals surface area contributed by atoms with Crippen molar-refractivity contribution in [2.24, 2.45) is 11.7 Å². The van der Waals surface area contributed by atoms with E-state index in [0.717, 1.165) is 6.07 Å². The standard InChI is InChI=1S/C10H13F3N4O2S/c1-16(14)9(18)17(15)7-3-2-4-8(6(7)5-20)19-10(11,12)13/h2-4,20H,5,14-15H2,1H3. The zero-order valence-electron chi connectivity index (χ0n) is 10.4. The summed E-state index contributed by atoms with van der Waals surface area (Å²) in [6, 6.07) is 2.92. The number of benzene rings is 1. The molecule has 0 radical (unpaired) electrons. The van der Waals surface area contributed by atoms with Crippen molar-refractivity contribution in [3.05, 3.63) is 23.8 Å². The SMILES string of the molecule is CN(N)C(=O)N(N)c1cccc(OC(F)(F)F)c1CS. The Labute approximate surface area is 118 Å². The van der Waals surface area contributed by atoms with Crippen LogP contribution in [-0.2, 0) is 5.75 Å². The van der Waals surface area contributed by atoms with Crippen LogP contribution in [0, 0.1) is 0 Å². The van der Waals surface area contributed by atoms with Crippen molar-refractivity contribution in [1.82, 2.24) is 5.01 Å². The molecule has 0 aromatic heterocycles. The molecule has 20 heavy (non-hydrogen) atoms. The molecule has 112 valence electrons. The monoisotopic (exact) mass is 310 g/mol. The molecule has 0 aliphatic heterocycles. The van der Waals surface area contributed by atoms with Crippen LogP contribution >= 0.6 is 12.6 Å². The highest BCUT2D eigenvalue weighted by Gasteiger charge is 2.33. The first-order valence-electron chi connectivity index (χ1n) is 5.23. The van der Waals surface area contributed by atoms with Crippen molar-refractivity contribution in [3.63, 3.8) is 0 Å². The average Bonchev–Trinajstić information content (AvgIpc) is 2.34. The van der Waals surface area contributed by atoms with Crippen LogP contribution in [-0.4, -0.2) is 24.5 Å². The molecule has 0 saturated heterocycles. The van der Waals surface area contributed by atoms with Crippen LogP contribution in [0.3, 0.4) is 0 Å². The third-order valence-corrected chi connectivity index (χ3v) is 2.58. The highest BCUT2D eigenvalue weighted by Crippen LogP contribution is 2.33. The minimum Gasteiger partial charge on any atom is -0.405 e. The van der Waals surface area contributed by atoms with E-state index in [1.54, 1.807) is 0 Å². The van der Waals surface area contributed by atoms with Gasteiger partial charge in [-0.25, -0.2) is 21.5 Å². The van der Waals surface area contributed by atoms with Crippen LogP contribution in [0.5, 0.6) is 5.75 Å².